The third kappa shape index (κ3) is 2.94. The van der Waals surface area contributed by atoms with Crippen molar-refractivity contribution in [3.05, 3.63) is 58.5 Å². The number of nitrogens with zero attached hydrogens (tertiary/aromatic N) is 3. The van der Waals surface area contributed by atoms with Crippen molar-refractivity contribution >= 4 is 32.6 Å². The Balaban J connectivity index is 2.19. The highest BCUT2D eigenvalue weighted by Gasteiger charge is 2.15. The van der Waals surface area contributed by atoms with Crippen LogP contribution in [0.2, 0.25) is 0 Å². The number of benzene rings is 2. The number of aromatic nitrogens is 2. The van der Waals surface area contributed by atoms with Crippen molar-refractivity contribution in [2.75, 3.05) is 27.7 Å². The Morgan fingerprint density at radius 1 is 1.04 bits per heavy atom. The van der Waals surface area contributed by atoms with Crippen LogP contribution in [-0.4, -0.2) is 42.2 Å². The van der Waals surface area contributed by atoms with Crippen molar-refractivity contribution in [2.45, 2.75) is 13.5 Å². The van der Waals surface area contributed by atoms with E-state index >= 15 is 0 Å². The quantitative estimate of drug-likeness (QED) is 0.521. The summed E-state index contributed by atoms with van der Waals surface area (Å²) in [5, 5.41) is 3.58. The molecule has 0 amide bonds. The van der Waals surface area contributed by atoms with Crippen molar-refractivity contribution < 1.29 is 4.74 Å². The molecular formula is C22H23N3O2. The molecule has 138 valence electrons. The molecule has 0 saturated carbocycles. The number of fused-ring (bicyclic) bond motifs is 5. The first-order valence-corrected chi connectivity index (χ1v) is 9.04. The molecule has 0 unspecified atom stereocenters. The second-order valence-electron chi connectivity index (χ2n) is 7.21. The number of aryl methyl sites for hydroxylation is 1. The molecule has 0 aliphatic heterocycles. The highest BCUT2D eigenvalue weighted by atomic mass is 16.5. The fraction of sp³-hybridized carbons (Fsp3) is 0.273. The van der Waals surface area contributed by atoms with Crippen LogP contribution in [-0.2, 0) is 6.54 Å². The molecule has 2 aromatic heterocycles. The lowest BCUT2D eigenvalue weighted by molar-refractivity contribution is 0.385. The van der Waals surface area contributed by atoms with E-state index in [1.165, 1.54) is 0 Å². The average molecular weight is 361 g/mol. The molecule has 4 aromatic rings. The Hall–Kier alpha value is -2.92. The lowest BCUT2D eigenvalue weighted by Crippen LogP contribution is -2.27. The van der Waals surface area contributed by atoms with Crippen LogP contribution in [0.1, 0.15) is 5.56 Å². The van der Waals surface area contributed by atoms with E-state index in [2.05, 4.69) is 28.9 Å². The molecule has 0 N–H and O–H groups in total. The van der Waals surface area contributed by atoms with Crippen LogP contribution >= 0.6 is 0 Å². The summed E-state index contributed by atoms with van der Waals surface area (Å²) in [6.45, 7) is 3.45. The van der Waals surface area contributed by atoms with Gasteiger partial charge in [-0.2, -0.15) is 0 Å². The monoisotopic (exact) mass is 361 g/mol. The van der Waals surface area contributed by atoms with Crippen molar-refractivity contribution in [3.63, 3.8) is 0 Å². The second-order valence-corrected chi connectivity index (χ2v) is 7.21. The van der Waals surface area contributed by atoms with Gasteiger partial charge in [-0.3, -0.25) is 9.78 Å². The summed E-state index contributed by atoms with van der Waals surface area (Å²) in [7, 11) is 5.65. The molecule has 0 aliphatic rings. The fourth-order valence-electron chi connectivity index (χ4n) is 3.60. The van der Waals surface area contributed by atoms with Crippen molar-refractivity contribution in [3.8, 4) is 5.75 Å². The summed E-state index contributed by atoms with van der Waals surface area (Å²) in [6.07, 6.45) is 1.88. The number of rotatable bonds is 4. The smallest absolute Gasteiger partial charge is 0.259 e. The third-order valence-corrected chi connectivity index (χ3v) is 5.03. The Labute approximate surface area is 157 Å². The maximum atomic E-state index is 13.4. The largest absolute Gasteiger partial charge is 0.497 e. The molecule has 5 heteroatoms. The minimum absolute atomic E-state index is 0.00672. The molecule has 2 heterocycles. The highest BCUT2D eigenvalue weighted by molar-refractivity contribution is 6.14. The number of hydrogen-bond donors (Lipinski definition) is 0. The van der Waals surface area contributed by atoms with Crippen LogP contribution in [0.15, 0.2) is 47.4 Å². The Bertz CT molecular complexity index is 1230. The van der Waals surface area contributed by atoms with E-state index in [9.17, 15) is 4.79 Å². The van der Waals surface area contributed by atoms with E-state index in [0.29, 0.717) is 17.7 Å². The second kappa shape index (κ2) is 6.67. The maximum absolute atomic E-state index is 13.4. The summed E-state index contributed by atoms with van der Waals surface area (Å²) >= 11 is 0. The molecule has 5 nitrogen and oxygen atoms in total. The molecule has 27 heavy (non-hydrogen) atoms. The molecule has 0 aliphatic carbocycles. The number of likely N-dealkylation sites (N-methyl/N-ethyl adjacent to an activating group) is 1. The lowest BCUT2D eigenvalue weighted by atomic mass is 10.0. The molecule has 0 radical (unpaired) electrons. The summed E-state index contributed by atoms with van der Waals surface area (Å²) in [6, 6.07) is 11.9. The zero-order valence-electron chi connectivity index (χ0n) is 16.1. The van der Waals surface area contributed by atoms with Crippen LogP contribution in [0.3, 0.4) is 0 Å². The Kier molecular flexibility index (Phi) is 4.32. The van der Waals surface area contributed by atoms with Gasteiger partial charge in [0.2, 0.25) is 0 Å². The molecule has 2 aromatic carbocycles. The molecule has 0 atom stereocenters. The Morgan fingerprint density at radius 3 is 2.59 bits per heavy atom. The highest BCUT2D eigenvalue weighted by Crippen LogP contribution is 2.30. The van der Waals surface area contributed by atoms with Gasteiger partial charge in [0.25, 0.3) is 5.56 Å². The summed E-state index contributed by atoms with van der Waals surface area (Å²) < 4.78 is 7.23. The summed E-state index contributed by atoms with van der Waals surface area (Å²) in [5.74, 6) is 0.683. The van der Waals surface area contributed by atoms with Gasteiger partial charge in [-0.15, -0.1) is 0 Å². The number of hydrogen-bond acceptors (Lipinski definition) is 4. The van der Waals surface area contributed by atoms with Crippen molar-refractivity contribution in [2.24, 2.45) is 0 Å². The van der Waals surface area contributed by atoms with Crippen LogP contribution in [0.4, 0.5) is 0 Å². The fourth-order valence-corrected chi connectivity index (χ4v) is 3.60. The zero-order valence-corrected chi connectivity index (χ0v) is 16.1. The molecule has 0 bridgehead atoms. The average Bonchev–Trinajstić information content (AvgIpc) is 2.67. The predicted octanol–water partition coefficient (Wildman–Crippen LogP) is 3.58. The van der Waals surface area contributed by atoms with Gasteiger partial charge in [-0.05, 0) is 56.7 Å². The Morgan fingerprint density at radius 2 is 1.85 bits per heavy atom. The van der Waals surface area contributed by atoms with Crippen LogP contribution in [0, 0.1) is 6.92 Å². The van der Waals surface area contributed by atoms with E-state index in [1.807, 2.05) is 49.1 Å². The predicted molar refractivity (Wildman–Crippen MR) is 111 cm³/mol. The van der Waals surface area contributed by atoms with E-state index < -0.39 is 0 Å². The molecular weight excluding hydrogens is 338 g/mol. The standard InChI is InChI=1S/C22H23N3O2/c1-14-5-8-20-18(11-14)21-19(13-23-20)16-7-6-15(27-4)12-17(16)22(26)25(21)10-9-24(2)3/h5-8,11-13H,9-10H2,1-4H3. The third-order valence-electron chi connectivity index (χ3n) is 5.03. The SMILES string of the molecule is COc1ccc2c(c1)c(=O)n(CCN(C)C)c1c3cc(C)ccc3ncc21. The number of methoxy groups -OCH3 is 1. The maximum Gasteiger partial charge on any atom is 0.259 e. The number of pyridine rings is 2. The van der Waals surface area contributed by atoms with Crippen molar-refractivity contribution in [1.29, 1.82) is 0 Å². The van der Waals surface area contributed by atoms with Gasteiger partial charge in [0.1, 0.15) is 5.75 Å². The molecule has 0 fully saturated rings. The van der Waals surface area contributed by atoms with Crippen molar-refractivity contribution in [1.82, 2.24) is 14.5 Å². The zero-order chi connectivity index (χ0) is 19.1. The lowest BCUT2D eigenvalue weighted by Gasteiger charge is -2.17. The topological polar surface area (TPSA) is 47.4 Å². The van der Waals surface area contributed by atoms with E-state index in [1.54, 1.807) is 7.11 Å². The first-order valence-electron chi connectivity index (χ1n) is 9.04. The molecule has 0 saturated heterocycles. The minimum atomic E-state index is 0.00672. The van der Waals surface area contributed by atoms with Gasteiger partial charge < -0.3 is 14.2 Å². The number of ether oxygens (including phenoxy) is 1. The van der Waals surface area contributed by atoms with Crippen LogP contribution < -0.4 is 10.3 Å². The van der Waals surface area contributed by atoms with Gasteiger partial charge >= 0.3 is 0 Å². The van der Waals surface area contributed by atoms with Gasteiger partial charge in [-0.25, -0.2) is 0 Å². The first-order chi connectivity index (χ1) is 13.0. The molecule has 4 rings (SSSR count). The van der Waals surface area contributed by atoms with Crippen LogP contribution in [0.25, 0.3) is 32.6 Å². The summed E-state index contributed by atoms with van der Waals surface area (Å²) in [4.78, 5) is 20.2. The van der Waals surface area contributed by atoms with Gasteiger partial charge in [0.05, 0.1) is 23.5 Å². The summed E-state index contributed by atoms with van der Waals surface area (Å²) in [5.41, 5.74) is 3.01. The van der Waals surface area contributed by atoms with Gasteiger partial charge in [-0.1, -0.05) is 11.6 Å². The minimum Gasteiger partial charge on any atom is -0.497 e. The van der Waals surface area contributed by atoms with Gasteiger partial charge in [0, 0.05) is 30.1 Å². The van der Waals surface area contributed by atoms with E-state index in [4.69, 9.17) is 4.74 Å². The van der Waals surface area contributed by atoms with E-state index in [-0.39, 0.29) is 5.56 Å². The van der Waals surface area contributed by atoms with Crippen LogP contribution in [0.5, 0.6) is 5.75 Å². The van der Waals surface area contributed by atoms with E-state index in [0.717, 1.165) is 39.3 Å². The molecule has 0 spiro atoms. The van der Waals surface area contributed by atoms with Gasteiger partial charge in [0.15, 0.2) is 0 Å². The normalized spacial score (nSPS) is 11.7. The first kappa shape index (κ1) is 17.5.